The Morgan fingerprint density at radius 1 is 1.12 bits per heavy atom. The Hall–Kier alpha value is -1.84. The summed E-state index contributed by atoms with van der Waals surface area (Å²) in [5.74, 6) is 1.17. The molecule has 0 spiro atoms. The highest BCUT2D eigenvalue weighted by molar-refractivity contribution is 6.32. The average molecular weight is 366 g/mol. The molecule has 0 fully saturated rings. The molecule has 0 amide bonds. The van der Waals surface area contributed by atoms with Gasteiger partial charge in [0.15, 0.2) is 11.5 Å². The van der Waals surface area contributed by atoms with Crippen LogP contribution in [0.25, 0.3) is 0 Å². The van der Waals surface area contributed by atoms with Crippen LogP contribution in [0.1, 0.15) is 18.1 Å². The number of anilines is 1. The predicted octanol–water partition coefficient (Wildman–Crippen LogP) is 5.88. The summed E-state index contributed by atoms with van der Waals surface area (Å²) < 4.78 is 11.3. The van der Waals surface area contributed by atoms with Crippen LogP contribution in [0.3, 0.4) is 0 Å². The van der Waals surface area contributed by atoms with E-state index in [0.717, 1.165) is 21.8 Å². The van der Waals surface area contributed by atoms with Crippen molar-refractivity contribution in [3.8, 4) is 11.5 Å². The lowest BCUT2D eigenvalue weighted by Gasteiger charge is -2.15. The molecule has 0 aromatic heterocycles. The maximum absolute atomic E-state index is 6.35. The van der Waals surface area contributed by atoms with Crippen LogP contribution in [0, 0.1) is 6.92 Å². The minimum Gasteiger partial charge on any atom is -0.490 e. The molecule has 0 aliphatic heterocycles. The highest BCUT2D eigenvalue weighted by Crippen LogP contribution is 2.37. The Balaban J connectivity index is 2.17. The average Bonchev–Trinajstić information content (AvgIpc) is 2.55. The summed E-state index contributed by atoms with van der Waals surface area (Å²) >= 11 is 12.5. The smallest absolute Gasteiger partial charge is 0.180 e. The van der Waals surface area contributed by atoms with Crippen molar-refractivity contribution >= 4 is 28.9 Å². The van der Waals surface area contributed by atoms with Crippen LogP contribution < -0.4 is 14.8 Å². The van der Waals surface area contributed by atoms with Crippen molar-refractivity contribution in [2.24, 2.45) is 0 Å². The van der Waals surface area contributed by atoms with Gasteiger partial charge in [-0.3, -0.25) is 0 Å². The van der Waals surface area contributed by atoms with E-state index >= 15 is 0 Å². The molecule has 2 aromatic carbocycles. The van der Waals surface area contributed by atoms with Crippen LogP contribution in [-0.4, -0.2) is 13.2 Å². The van der Waals surface area contributed by atoms with Gasteiger partial charge in [0.1, 0.15) is 6.61 Å². The van der Waals surface area contributed by atoms with Gasteiger partial charge in [-0.15, -0.1) is 0 Å². The minimum atomic E-state index is 0.374. The van der Waals surface area contributed by atoms with E-state index in [1.807, 2.05) is 44.2 Å². The first kappa shape index (κ1) is 18.5. The van der Waals surface area contributed by atoms with Gasteiger partial charge >= 0.3 is 0 Å². The van der Waals surface area contributed by atoms with Crippen LogP contribution in [-0.2, 0) is 6.54 Å². The number of ether oxygens (including phenoxy) is 2. The molecule has 128 valence electrons. The van der Waals surface area contributed by atoms with Gasteiger partial charge in [-0.1, -0.05) is 41.9 Å². The maximum atomic E-state index is 6.35. The van der Waals surface area contributed by atoms with E-state index in [0.29, 0.717) is 36.3 Å². The fraction of sp³-hybridized carbons (Fsp3) is 0.263. The second-order valence-corrected chi connectivity index (χ2v) is 6.07. The van der Waals surface area contributed by atoms with Gasteiger partial charge in [0.05, 0.1) is 11.6 Å². The number of hydrogen-bond donors (Lipinski definition) is 1. The number of nitrogens with one attached hydrogen (secondary N) is 1. The first-order valence-corrected chi connectivity index (χ1v) is 8.49. The van der Waals surface area contributed by atoms with Crippen molar-refractivity contribution in [3.63, 3.8) is 0 Å². The van der Waals surface area contributed by atoms with Crippen molar-refractivity contribution in [3.05, 3.63) is 64.2 Å². The van der Waals surface area contributed by atoms with Crippen LogP contribution in [0.15, 0.2) is 43.0 Å². The zero-order valence-electron chi connectivity index (χ0n) is 13.9. The number of halogens is 2. The third-order valence-electron chi connectivity index (χ3n) is 3.38. The number of hydrogen-bond acceptors (Lipinski definition) is 3. The van der Waals surface area contributed by atoms with Gasteiger partial charge in [-0.05, 0) is 49.2 Å². The summed E-state index contributed by atoms with van der Waals surface area (Å²) in [6, 6.07) is 9.68. The summed E-state index contributed by atoms with van der Waals surface area (Å²) in [6.45, 7) is 9.05. The van der Waals surface area contributed by atoms with Crippen molar-refractivity contribution in [2.75, 3.05) is 18.5 Å². The van der Waals surface area contributed by atoms with Gasteiger partial charge in [-0.2, -0.15) is 0 Å². The van der Waals surface area contributed by atoms with E-state index in [-0.39, 0.29) is 0 Å². The number of benzene rings is 2. The summed E-state index contributed by atoms with van der Waals surface area (Å²) in [5, 5.41) is 4.59. The first-order chi connectivity index (χ1) is 11.5. The van der Waals surface area contributed by atoms with Gasteiger partial charge in [0, 0.05) is 17.3 Å². The Bertz CT molecular complexity index is 717. The zero-order chi connectivity index (χ0) is 17.5. The largest absolute Gasteiger partial charge is 0.490 e. The zero-order valence-corrected chi connectivity index (χ0v) is 15.4. The van der Waals surface area contributed by atoms with E-state index in [1.165, 1.54) is 0 Å². The molecule has 0 bridgehead atoms. The highest BCUT2D eigenvalue weighted by atomic mass is 35.5. The topological polar surface area (TPSA) is 30.5 Å². The van der Waals surface area contributed by atoms with Gasteiger partial charge in [-0.25, -0.2) is 0 Å². The molecular weight excluding hydrogens is 345 g/mol. The van der Waals surface area contributed by atoms with Gasteiger partial charge < -0.3 is 14.8 Å². The molecule has 0 unspecified atom stereocenters. The number of rotatable bonds is 8. The first-order valence-electron chi connectivity index (χ1n) is 7.74. The van der Waals surface area contributed by atoms with Crippen LogP contribution in [0.4, 0.5) is 5.69 Å². The molecule has 3 nitrogen and oxygen atoms in total. The molecule has 0 heterocycles. The van der Waals surface area contributed by atoms with Gasteiger partial charge in [0.2, 0.25) is 0 Å². The molecule has 0 saturated heterocycles. The van der Waals surface area contributed by atoms with Gasteiger partial charge in [0.25, 0.3) is 0 Å². The molecule has 2 rings (SSSR count). The monoisotopic (exact) mass is 365 g/mol. The molecule has 0 saturated carbocycles. The van der Waals surface area contributed by atoms with Crippen molar-refractivity contribution in [1.82, 2.24) is 0 Å². The summed E-state index contributed by atoms with van der Waals surface area (Å²) in [5.41, 5.74) is 2.99. The SMILES string of the molecule is C=CCOc1c(Cl)cc(CNc2ccc(C)c(Cl)c2)cc1OCC. The molecular formula is C19H21Cl2NO2. The Labute approximate surface area is 153 Å². The standard InChI is InChI=1S/C19H21Cl2NO2/c1-4-8-24-19-17(21)9-14(10-18(19)23-5-2)12-22-15-7-6-13(3)16(20)11-15/h4,6-7,9-11,22H,1,5,8,12H2,2-3H3. The van der Waals surface area contributed by atoms with Crippen molar-refractivity contribution in [1.29, 1.82) is 0 Å². The van der Waals surface area contributed by atoms with Crippen molar-refractivity contribution in [2.45, 2.75) is 20.4 Å². The highest BCUT2D eigenvalue weighted by Gasteiger charge is 2.12. The fourth-order valence-electron chi connectivity index (χ4n) is 2.18. The molecule has 0 radical (unpaired) electrons. The van der Waals surface area contributed by atoms with E-state index in [2.05, 4.69) is 11.9 Å². The minimum absolute atomic E-state index is 0.374. The van der Waals surface area contributed by atoms with Crippen LogP contribution in [0.2, 0.25) is 10.0 Å². The van der Waals surface area contributed by atoms with E-state index < -0.39 is 0 Å². The molecule has 1 N–H and O–H groups in total. The summed E-state index contributed by atoms with van der Waals surface area (Å²) in [6.07, 6.45) is 1.67. The third-order valence-corrected chi connectivity index (χ3v) is 4.07. The quantitative estimate of drug-likeness (QED) is 0.592. The fourth-order valence-corrected chi connectivity index (χ4v) is 2.64. The summed E-state index contributed by atoms with van der Waals surface area (Å²) in [4.78, 5) is 0. The predicted molar refractivity (Wildman–Crippen MR) is 102 cm³/mol. The molecule has 2 aromatic rings. The van der Waals surface area contributed by atoms with E-state index in [9.17, 15) is 0 Å². The van der Waals surface area contributed by atoms with E-state index in [1.54, 1.807) is 6.08 Å². The third kappa shape index (κ3) is 4.83. The lowest BCUT2D eigenvalue weighted by molar-refractivity contribution is 0.297. The second-order valence-electron chi connectivity index (χ2n) is 5.26. The molecule has 5 heteroatoms. The lowest BCUT2D eigenvalue weighted by atomic mass is 10.1. The van der Waals surface area contributed by atoms with E-state index in [4.69, 9.17) is 32.7 Å². The van der Waals surface area contributed by atoms with Crippen molar-refractivity contribution < 1.29 is 9.47 Å². The normalized spacial score (nSPS) is 10.3. The van der Waals surface area contributed by atoms with Crippen LogP contribution in [0.5, 0.6) is 11.5 Å². The molecule has 0 aliphatic carbocycles. The summed E-state index contributed by atoms with van der Waals surface area (Å²) in [7, 11) is 0. The molecule has 24 heavy (non-hydrogen) atoms. The Kier molecular flexibility index (Phi) is 6.83. The molecule has 0 aliphatic rings. The molecule has 0 atom stereocenters. The number of aryl methyl sites for hydroxylation is 1. The second kappa shape index (κ2) is 8.86. The Morgan fingerprint density at radius 3 is 2.58 bits per heavy atom. The lowest BCUT2D eigenvalue weighted by Crippen LogP contribution is -2.03. The Morgan fingerprint density at radius 2 is 1.92 bits per heavy atom. The van der Waals surface area contributed by atoms with Crippen LogP contribution >= 0.6 is 23.2 Å². The maximum Gasteiger partial charge on any atom is 0.180 e.